The van der Waals surface area contributed by atoms with Crippen LogP contribution in [-0.2, 0) is 0 Å². The fourth-order valence-electron chi connectivity index (χ4n) is 4.68. The van der Waals surface area contributed by atoms with E-state index in [1.165, 1.54) is 36.9 Å². The highest BCUT2D eigenvalue weighted by atomic mass is 16.1. The predicted octanol–water partition coefficient (Wildman–Crippen LogP) is 5.87. The van der Waals surface area contributed by atoms with Crippen LogP contribution in [0.15, 0.2) is 47.6 Å². The van der Waals surface area contributed by atoms with Crippen molar-refractivity contribution in [2.75, 3.05) is 37.6 Å². The second-order valence-electron chi connectivity index (χ2n) is 9.64. The van der Waals surface area contributed by atoms with Crippen LogP contribution >= 0.6 is 0 Å². The van der Waals surface area contributed by atoms with Crippen molar-refractivity contribution in [2.24, 2.45) is 5.41 Å². The molecule has 0 amide bonds. The van der Waals surface area contributed by atoms with Crippen molar-refractivity contribution in [1.82, 2.24) is 4.90 Å². The summed E-state index contributed by atoms with van der Waals surface area (Å²) in [6.07, 6.45) is 5.99. The minimum Gasteiger partial charge on any atom is -0.369 e. The van der Waals surface area contributed by atoms with Gasteiger partial charge in [0.05, 0.1) is 0 Å². The van der Waals surface area contributed by atoms with Crippen LogP contribution in [-0.4, -0.2) is 43.4 Å². The normalized spacial score (nSPS) is 20.1. The molecule has 0 bridgehead atoms. The molecule has 3 heteroatoms. The molecule has 1 aliphatic carbocycles. The van der Waals surface area contributed by atoms with Gasteiger partial charge in [-0.25, -0.2) is 0 Å². The van der Waals surface area contributed by atoms with Gasteiger partial charge in [-0.2, -0.15) is 0 Å². The zero-order valence-electron chi connectivity index (χ0n) is 18.9. The Bertz CT molecular complexity index is 764. The lowest BCUT2D eigenvalue weighted by molar-refractivity contribution is 0.101. The molecule has 1 aliphatic heterocycles. The van der Waals surface area contributed by atoms with E-state index in [2.05, 4.69) is 49.3 Å². The fourth-order valence-corrected chi connectivity index (χ4v) is 4.68. The number of benzene rings is 1. The summed E-state index contributed by atoms with van der Waals surface area (Å²) in [6, 6.07) is 8.07. The van der Waals surface area contributed by atoms with Crippen LogP contribution < -0.4 is 4.90 Å². The maximum absolute atomic E-state index is 11.5. The molecule has 158 valence electrons. The van der Waals surface area contributed by atoms with E-state index < -0.39 is 0 Å². The maximum atomic E-state index is 11.5. The molecule has 0 radical (unpaired) electrons. The van der Waals surface area contributed by atoms with Crippen LogP contribution in [0.3, 0.4) is 0 Å². The first-order chi connectivity index (χ1) is 13.8. The van der Waals surface area contributed by atoms with Gasteiger partial charge < -0.3 is 4.90 Å². The number of hydrogen-bond acceptors (Lipinski definition) is 3. The second-order valence-corrected chi connectivity index (χ2v) is 9.64. The lowest BCUT2D eigenvalue weighted by Crippen LogP contribution is -2.47. The topological polar surface area (TPSA) is 23.6 Å². The molecule has 1 saturated heterocycles. The fraction of sp³-hybridized carbons (Fsp3) is 0.577. The van der Waals surface area contributed by atoms with Crippen molar-refractivity contribution >= 4 is 11.5 Å². The van der Waals surface area contributed by atoms with Crippen molar-refractivity contribution in [1.29, 1.82) is 0 Å². The van der Waals surface area contributed by atoms with E-state index in [0.717, 1.165) is 44.7 Å². The highest BCUT2D eigenvalue weighted by molar-refractivity contribution is 5.94. The third kappa shape index (κ3) is 5.60. The van der Waals surface area contributed by atoms with Crippen LogP contribution in [0.4, 0.5) is 5.69 Å². The van der Waals surface area contributed by atoms with Gasteiger partial charge in [-0.15, -0.1) is 0 Å². The van der Waals surface area contributed by atoms with Crippen molar-refractivity contribution in [3.8, 4) is 0 Å². The predicted molar refractivity (Wildman–Crippen MR) is 124 cm³/mol. The Morgan fingerprint density at radius 3 is 2.34 bits per heavy atom. The van der Waals surface area contributed by atoms with E-state index >= 15 is 0 Å². The van der Waals surface area contributed by atoms with Crippen LogP contribution in [0, 0.1) is 5.41 Å². The first kappa shape index (κ1) is 21.8. The number of rotatable bonds is 7. The highest BCUT2D eigenvalue weighted by Crippen LogP contribution is 2.42. The lowest BCUT2D eigenvalue weighted by atomic mass is 9.72. The SMILES string of the molecule is C=C(CCC)C1=C(CN2CCN(c3ccc(C(C)=O)cc3)CC2)CCC(C)(C)C1. The summed E-state index contributed by atoms with van der Waals surface area (Å²) in [5.74, 6) is 0.130. The molecular weight excluding hydrogens is 356 g/mol. The number of carbonyl (C=O) groups is 1. The number of carbonyl (C=O) groups excluding carboxylic acids is 1. The van der Waals surface area contributed by atoms with E-state index in [0.29, 0.717) is 5.41 Å². The number of nitrogens with zero attached hydrogens (tertiary/aromatic N) is 2. The standard InChI is InChI=1S/C26H38N2O/c1-6-7-20(2)25-18-26(4,5)13-12-23(25)19-27-14-16-28(17-15-27)24-10-8-22(9-11-24)21(3)29/h8-11H,2,6-7,12-19H2,1,3-5H3. The van der Waals surface area contributed by atoms with Crippen LogP contribution in [0.2, 0.25) is 0 Å². The Morgan fingerprint density at radius 1 is 1.10 bits per heavy atom. The monoisotopic (exact) mass is 394 g/mol. The minimum absolute atomic E-state index is 0.130. The largest absolute Gasteiger partial charge is 0.369 e. The average molecular weight is 395 g/mol. The van der Waals surface area contributed by atoms with Gasteiger partial charge in [0.25, 0.3) is 0 Å². The Labute approximate surface area is 177 Å². The van der Waals surface area contributed by atoms with Crippen molar-refractivity contribution in [2.45, 2.75) is 59.8 Å². The van der Waals surface area contributed by atoms with Gasteiger partial charge in [0.15, 0.2) is 5.78 Å². The number of hydrogen-bond donors (Lipinski definition) is 0. The van der Waals surface area contributed by atoms with Crippen LogP contribution in [0.25, 0.3) is 0 Å². The van der Waals surface area contributed by atoms with Crippen molar-refractivity contribution < 1.29 is 4.79 Å². The molecule has 0 spiro atoms. The summed E-state index contributed by atoms with van der Waals surface area (Å²) in [7, 11) is 0. The smallest absolute Gasteiger partial charge is 0.159 e. The van der Waals surface area contributed by atoms with Crippen molar-refractivity contribution in [3.63, 3.8) is 0 Å². The van der Waals surface area contributed by atoms with E-state index in [1.807, 2.05) is 12.1 Å². The molecular formula is C26H38N2O. The zero-order valence-corrected chi connectivity index (χ0v) is 18.9. The van der Waals surface area contributed by atoms with E-state index in [1.54, 1.807) is 18.1 Å². The number of piperazine rings is 1. The van der Waals surface area contributed by atoms with E-state index in [4.69, 9.17) is 0 Å². The first-order valence-electron chi connectivity index (χ1n) is 11.3. The molecule has 2 aliphatic rings. The number of ketones is 1. The Morgan fingerprint density at radius 2 is 1.76 bits per heavy atom. The quantitative estimate of drug-likeness (QED) is 0.540. The molecule has 1 aromatic carbocycles. The van der Waals surface area contributed by atoms with Gasteiger partial charge in [0, 0.05) is 44.0 Å². The van der Waals surface area contributed by atoms with Gasteiger partial charge >= 0.3 is 0 Å². The molecule has 0 unspecified atom stereocenters. The maximum Gasteiger partial charge on any atom is 0.159 e. The summed E-state index contributed by atoms with van der Waals surface area (Å²) < 4.78 is 0. The van der Waals surface area contributed by atoms with E-state index in [-0.39, 0.29) is 5.78 Å². The van der Waals surface area contributed by atoms with Gasteiger partial charge in [0.1, 0.15) is 0 Å². The van der Waals surface area contributed by atoms with Crippen LogP contribution in [0.5, 0.6) is 0 Å². The summed E-state index contributed by atoms with van der Waals surface area (Å²) in [4.78, 5) is 16.5. The number of allylic oxidation sites excluding steroid dienone is 2. The van der Waals surface area contributed by atoms with E-state index in [9.17, 15) is 4.79 Å². The average Bonchev–Trinajstić information content (AvgIpc) is 2.70. The van der Waals surface area contributed by atoms with Gasteiger partial charge in [-0.3, -0.25) is 9.69 Å². The van der Waals surface area contributed by atoms with Gasteiger partial charge in [0.2, 0.25) is 0 Å². The third-order valence-corrected chi connectivity index (χ3v) is 6.59. The molecule has 0 aromatic heterocycles. The Kier molecular flexibility index (Phi) is 7.00. The molecule has 0 N–H and O–H groups in total. The molecule has 1 aromatic rings. The van der Waals surface area contributed by atoms with Crippen LogP contribution in [0.1, 0.15) is 70.2 Å². The van der Waals surface area contributed by atoms with Crippen molar-refractivity contribution in [3.05, 3.63) is 53.1 Å². The van der Waals surface area contributed by atoms with Gasteiger partial charge in [-0.1, -0.05) is 44.9 Å². The highest BCUT2D eigenvalue weighted by Gasteiger charge is 2.29. The molecule has 3 rings (SSSR count). The molecule has 1 fully saturated rings. The Balaban J connectivity index is 1.62. The molecule has 0 atom stereocenters. The minimum atomic E-state index is 0.130. The number of Topliss-reactive ketones (excluding diaryl/α,β-unsaturated/α-hetero) is 1. The summed E-state index contributed by atoms with van der Waals surface area (Å²) >= 11 is 0. The zero-order chi connectivity index (χ0) is 21.0. The first-order valence-corrected chi connectivity index (χ1v) is 11.3. The summed E-state index contributed by atoms with van der Waals surface area (Å²) in [5, 5.41) is 0. The second kappa shape index (κ2) is 9.30. The Hall–Kier alpha value is -1.87. The summed E-state index contributed by atoms with van der Waals surface area (Å²) in [5.41, 5.74) is 7.01. The number of anilines is 1. The van der Waals surface area contributed by atoms with Gasteiger partial charge in [-0.05, 0) is 67.9 Å². The molecule has 29 heavy (non-hydrogen) atoms. The molecule has 1 heterocycles. The summed E-state index contributed by atoms with van der Waals surface area (Å²) in [6.45, 7) is 18.5. The lowest BCUT2D eigenvalue weighted by Gasteiger charge is -2.39. The molecule has 3 nitrogen and oxygen atoms in total. The molecule has 0 saturated carbocycles. The third-order valence-electron chi connectivity index (χ3n) is 6.59.